The van der Waals surface area contributed by atoms with Crippen molar-refractivity contribution in [3.05, 3.63) is 35.9 Å². The highest BCUT2D eigenvalue weighted by atomic mass is 16.2. The number of nitrogens with two attached hydrogens (primary N) is 1. The second-order valence-electron chi connectivity index (χ2n) is 5.99. The van der Waals surface area contributed by atoms with Crippen LogP contribution in [0.15, 0.2) is 30.3 Å². The SMILES string of the molecule is CN(CC(=O)NC(C)(C)C)C(=O)/C=C/c1ccc(N)cc1. The van der Waals surface area contributed by atoms with E-state index in [2.05, 4.69) is 5.32 Å². The van der Waals surface area contributed by atoms with Gasteiger partial charge in [-0.1, -0.05) is 12.1 Å². The molecule has 1 aromatic rings. The summed E-state index contributed by atoms with van der Waals surface area (Å²) >= 11 is 0. The number of likely N-dealkylation sites (N-methyl/N-ethyl adjacent to an activating group) is 1. The fourth-order valence-corrected chi connectivity index (χ4v) is 1.65. The van der Waals surface area contributed by atoms with Crippen LogP contribution in [0.3, 0.4) is 0 Å². The number of benzene rings is 1. The maximum Gasteiger partial charge on any atom is 0.246 e. The molecule has 0 unspecified atom stereocenters. The van der Waals surface area contributed by atoms with Crippen LogP contribution in [-0.4, -0.2) is 35.8 Å². The minimum Gasteiger partial charge on any atom is -0.399 e. The molecule has 0 atom stereocenters. The van der Waals surface area contributed by atoms with Gasteiger partial charge in [0.2, 0.25) is 11.8 Å². The van der Waals surface area contributed by atoms with Gasteiger partial charge in [-0.05, 0) is 44.5 Å². The van der Waals surface area contributed by atoms with Gasteiger partial charge in [0.15, 0.2) is 0 Å². The lowest BCUT2D eigenvalue weighted by atomic mass is 10.1. The monoisotopic (exact) mass is 289 g/mol. The Kier molecular flexibility index (Phi) is 5.52. The Morgan fingerprint density at radius 1 is 1.24 bits per heavy atom. The number of nitrogens with one attached hydrogen (secondary N) is 1. The van der Waals surface area contributed by atoms with Gasteiger partial charge < -0.3 is 16.0 Å². The molecule has 0 bridgehead atoms. The second kappa shape index (κ2) is 6.92. The lowest BCUT2D eigenvalue weighted by molar-refractivity contribution is -0.131. The van der Waals surface area contributed by atoms with Gasteiger partial charge in [-0.15, -0.1) is 0 Å². The van der Waals surface area contributed by atoms with E-state index in [0.29, 0.717) is 5.69 Å². The number of anilines is 1. The van der Waals surface area contributed by atoms with E-state index < -0.39 is 0 Å². The van der Waals surface area contributed by atoms with Gasteiger partial charge in [-0.25, -0.2) is 0 Å². The summed E-state index contributed by atoms with van der Waals surface area (Å²) < 4.78 is 0. The number of nitrogens with zero attached hydrogens (tertiary/aromatic N) is 1. The Labute approximate surface area is 125 Å². The van der Waals surface area contributed by atoms with Crippen LogP contribution < -0.4 is 11.1 Å². The largest absolute Gasteiger partial charge is 0.399 e. The fourth-order valence-electron chi connectivity index (χ4n) is 1.65. The number of nitrogen functional groups attached to an aromatic ring is 1. The summed E-state index contributed by atoms with van der Waals surface area (Å²) in [5.74, 6) is -0.407. The van der Waals surface area contributed by atoms with Crippen molar-refractivity contribution in [2.24, 2.45) is 0 Å². The second-order valence-corrected chi connectivity index (χ2v) is 5.99. The first kappa shape index (κ1) is 16.8. The van der Waals surface area contributed by atoms with Gasteiger partial charge in [0, 0.05) is 24.4 Å². The summed E-state index contributed by atoms with van der Waals surface area (Å²) in [6, 6.07) is 7.19. The van der Waals surface area contributed by atoms with Gasteiger partial charge >= 0.3 is 0 Å². The Bertz CT molecular complexity index is 527. The molecular weight excluding hydrogens is 266 g/mol. The molecule has 114 valence electrons. The fraction of sp³-hybridized carbons (Fsp3) is 0.375. The first-order chi connectivity index (χ1) is 9.67. The molecule has 0 aromatic heterocycles. The Balaban J connectivity index is 2.54. The average Bonchev–Trinajstić information content (AvgIpc) is 2.35. The third-order valence-corrected chi connectivity index (χ3v) is 2.63. The van der Waals surface area contributed by atoms with Crippen molar-refractivity contribution in [1.82, 2.24) is 10.2 Å². The van der Waals surface area contributed by atoms with Crippen molar-refractivity contribution in [3.63, 3.8) is 0 Å². The molecule has 0 heterocycles. The van der Waals surface area contributed by atoms with Crippen LogP contribution in [0.1, 0.15) is 26.3 Å². The number of hydrogen-bond acceptors (Lipinski definition) is 3. The predicted molar refractivity (Wildman–Crippen MR) is 85.4 cm³/mol. The molecule has 0 aliphatic heterocycles. The minimum absolute atomic E-state index is 0.0299. The predicted octanol–water partition coefficient (Wildman–Crippen LogP) is 1.66. The third kappa shape index (κ3) is 6.61. The topological polar surface area (TPSA) is 75.4 Å². The van der Waals surface area contributed by atoms with Gasteiger partial charge in [-0.2, -0.15) is 0 Å². The summed E-state index contributed by atoms with van der Waals surface area (Å²) in [5.41, 5.74) is 6.84. The zero-order valence-corrected chi connectivity index (χ0v) is 13.0. The Morgan fingerprint density at radius 2 is 1.81 bits per heavy atom. The molecule has 2 amide bonds. The van der Waals surface area contributed by atoms with E-state index in [1.54, 1.807) is 25.3 Å². The molecule has 1 rings (SSSR count). The van der Waals surface area contributed by atoms with Crippen molar-refractivity contribution < 1.29 is 9.59 Å². The first-order valence-corrected chi connectivity index (χ1v) is 6.77. The minimum atomic E-state index is -0.305. The molecule has 0 radical (unpaired) electrons. The van der Waals surface area contributed by atoms with Crippen LogP contribution in [0, 0.1) is 0 Å². The van der Waals surface area contributed by atoms with Gasteiger partial charge in [0.25, 0.3) is 0 Å². The van der Waals surface area contributed by atoms with E-state index in [4.69, 9.17) is 5.73 Å². The zero-order chi connectivity index (χ0) is 16.0. The van der Waals surface area contributed by atoms with Gasteiger partial charge in [-0.3, -0.25) is 9.59 Å². The maximum absolute atomic E-state index is 11.9. The van der Waals surface area contributed by atoms with Crippen LogP contribution >= 0.6 is 0 Å². The van der Waals surface area contributed by atoms with Crippen molar-refractivity contribution in [2.75, 3.05) is 19.3 Å². The molecule has 0 saturated heterocycles. The van der Waals surface area contributed by atoms with E-state index in [0.717, 1.165) is 5.56 Å². The molecular formula is C16H23N3O2. The number of amides is 2. The van der Waals surface area contributed by atoms with E-state index in [1.165, 1.54) is 11.0 Å². The van der Waals surface area contributed by atoms with E-state index in [9.17, 15) is 9.59 Å². The van der Waals surface area contributed by atoms with Crippen LogP contribution in [0.2, 0.25) is 0 Å². The lowest BCUT2D eigenvalue weighted by Crippen LogP contribution is -2.46. The molecule has 21 heavy (non-hydrogen) atoms. The highest BCUT2D eigenvalue weighted by Gasteiger charge is 2.16. The molecule has 1 aromatic carbocycles. The smallest absolute Gasteiger partial charge is 0.246 e. The van der Waals surface area contributed by atoms with Crippen molar-refractivity contribution in [2.45, 2.75) is 26.3 Å². The normalized spacial score (nSPS) is 11.4. The molecule has 0 saturated carbocycles. The van der Waals surface area contributed by atoms with Gasteiger partial charge in [0.1, 0.15) is 0 Å². The van der Waals surface area contributed by atoms with Crippen molar-refractivity contribution in [3.8, 4) is 0 Å². The molecule has 5 nitrogen and oxygen atoms in total. The first-order valence-electron chi connectivity index (χ1n) is 6.77. The molecule has 0 spiro atoms. The summed E-state index contributed by atoms with van der Waals surface area (Å²) in [6.45, 7) is 5.72. The van der Waals surface area contributed by atoms with Crippen molar-refractivity contribution in [1.29, 1.82) is 0 Å². The molecule has 0 aliphatic rings. The summed E-state index contributed by atoms with van der Waals surface area (Å²) in [7, 11) is 1.60. The highest BCUT2D eigenvalue weighted by Crippen LogP contribution is 2.07. The molecule has 3 N–H and O–H groups in total. The van der Waals surface area contributed by atoms with E-state index in [-0.39, 0.29) is 23.9 Å². The van der Waals surface area contributed by atoms with Crippen LogP contribution in [0.25, 0.3) is 6.08 Å². The molecule has 0 fully saturated rings. The number of carbonyl (C=O) groups is 2. The molecule has 5 heteroatoms. The highest BCUT2D eigenvalue weighted by molar-refractivity contribution is 5.94. The number of rotatable bonds is 4. The standard InChI is InChI=1S/C16H23N3O2/c1-16(2,3)18-14(20)11-19(4)15(21)10-7-12-5-8-13(17)9-6-12/h5-10H,11,17H2,1-4H3,(H,18,20)/b10-7+. The van der Waals surface area contributed by atoms with Crippen molar-refractivity contribution >= 4 is 23.6 Å². The summed E-state index contributed by atoms with van der Waals surface area (Å²) in [6.07, 6.45) is 3.13. The number of carbonyl (C=O) groups excluding carboxylic acids is 2. The molecule has 0 aliphatic carbocycles. The maximum atomic E-state index is 11.9. The Morgan fingerprint density at radius 3 is 2.33 bits per heavy atom. The zero-order valence-electron chi connectivity index (χ0n) is 13.0. The van der Waals surface area contributed by atoms with Gasteiger partial charge in [0.05, 0.1) is 6.54 Å². The van der Waals surface area contributed by atoms with E-state index in [1.807, 2.05) is 32.9 Å². The quantitative estimate of drug-likeness (QED) is 0.654. The van der Waals surface area contributed by atoms with Crippen LogP contribution in [0.4, 0.5) is 5.69 Å². The number of hydrogen-bond donors (Lipinski definition) is 2. The lowest BCUT2D eigenvalue weighted by Gasteiger charge is -2.22. The van der Waals surface area contributed by atoms with E-state index >= 15 is 0 Å². The third-order valence-electron chi connectivity index (χ3n) is 2.63. The summed E-state index contributed by atoms with van der Waals surface area (Å²) in [5, 5.41) is 2.81. The summed E-state index contributed by atoms with van der Waals surface area (Å²) in [4.78, 5) is 25.0. The van der Waals surface area contributed by atoms with Crippen LogP contribution in [0.5, 0.6) is 0 Å². The Hall–Kier alpha value is -2.30. The van der Waals surface area contributed by atoms with Crippen LogP contribution in [-0.2, 0) is 9.59 Å². The average molecular weight is 289 g/mol.